The first kappa shape index (κ1) is 18.1. The molecule has 1 aliphatic rings. The van der Waals surface area contributed by atoms with Crippen molar-refractivity contribution < 1.29 is 23.8 Å². The summed E-state index contributed by atoms with van der Waals surface area (Å²) in [5.41, 5.74) is 1.98. The van der Waals surface area contributed by atoms with Crippen LogP contribution in [0.1, 0.15) is 11.1 Å². The van der Waals surface area contributed by atoms with Crippen molar-refractivity contribution in [2.24, 2.45) is 0 Å². The van der Waals surface area contributed by atoms with Crippen molar-refractivity contribution in [3.8, 4) is 11.5 Å². The molecule has 0 aromatic heterocycles. The summed E-state index contributed by atoms with van der Waals surface area (Å²) in [5, 5.41) is 2.71. The van der Waals surface area contributed by atoms with Crippen LogP contribution in [0.25, 0.3) is 0 Å². The third kappa shape index (κ3) is 4.92. The van der Waals surface area contributed by atoms with Gasteiger partial charge in [-0.1, -0.05) is 24.3 Å². The fourth-order valence-electron chi connectivity index (χ4n) is 2.35. The molecule has 3 rings (SSSR count). The van der Waals surface area contributed by atoms with Gasteiger partial charge in [0.1, 0.15) is 0 Å². The average Bonchev–Trinajstić information content (AvgIpc) is 3.12. The lowest BCUT2D eigenvalue weighted by molar-refractivity contribution is -0.145. The number of thioether (sulfide) groups is 1. The Morgan fingerprint density at radius 1 is 1.15 bits per heavy atom. The van der Waals surface area contributed by atoms with Gasteiger partial charge in [-0.05, 0) is 36.2 Å². The Morgan fingerprint density at radius 3 is 2.81 bits per heavy atom. The van der Waals surface area contributed by atoms with E-state index >= 15 is 0 Å². The number of nitrogens with one attached hydrogen (secondary N) is 1. The molecule has 0 atom stereocenters. The van der Waals surface area contributed by atoms with E-state index in [-0.39, 0.29) is 25.1 Å². The first-order valence-electron chi connectivity index (χ1n) is 8.11. The highest BCUT2D eigenvalue weighted by molar-refractivity contribution is 8.00. The van der Waals surface area contributed by atoms with Crippen molar-refractivity contribution in [1.29, 1.82) is 0 Å². The van der Waals surface area contributed by atoms with Gasteiger partial charge in [0, 0.05) is 11.4 Å². The number of carbonyl (C=O) groups excluding carboxylic acids is 2. The maximum Gasteiger partial charge on any atom is 0.316 e. The Morgan fingerprint density at radius 2 is 1.96 bits per heavy atom. The Hall–Kier alpha value is -2.67. The summed E-state index contributed by atoms with van der Waals surface area (Å²) in [5.74, 6) is 0.755. The third-order valence-electron chi connectivity index (χ3n) is 3.73. The van der Waals surface area contributed by atoms with Gasteiger partial charge in [0.25, 0.3) is 5.91 Å². The van der Waals surface area contributed by atoms with Crippen LogP contribution in [0.2, 0.25) is 0 Å². The SMILES string of the molecule is Cc1ccccc1SCC(=O)OCC(=O)NCc1ccc2c(c1)OCO2. The van der Waals surface area contributed by atoms with Crippen molar-refractivity contribution in [3.05, 3.63) is 53.6 Å². The van der Waals surface area contributed by atoms with Crippen LogP contribution in [0.3, 0.4) is 0 Å². The molecule has 2 aromatic carbocycles. The topological polar surface area (TPSA) is 73.9 Å². The quantitative estimate of drug-likeness (QED) is 0.594. The van der Waals surface area contributed by atoms with E-state index in [1.165, 1.54) is 11.8 Å². The van der Waals surface area contributed by atoms with Gasteiger partial charge < -0.3 is 19.5 Å². The number of esters is 1. The van der Waals surface area contributed by atoms with E-state index in [0.29, 0.717) is 18.0 Å². The molecule has 0 saturated heterocycles. The zero-order chi connectivity index (χ0) is 18.4. The number of hydrogen-bond acceptors (Lipinski definition) is 6. The smallest absolute Gasteiger partial charge is 0.316 e. The van der Waals surface area contributed by atoms with Gasteiger partial charge in [-0.2, -0.15) is 0 Å². The number of aryl methyl sites for hydroxylation is 1. The van der Waals surface area contributed by atoms with Crippen LogP contribution in [0, 0.1) is 6.92 Å². The van der Waals surface area contributed by atoms with Crippen molar-refractivity contribution >= 4 is 23.6 Å². The van der Waals surface area contributed by atoms with E-state index in [9.17, 15) is 9.59 Å². The van der Waals surface area contributed by atoms with Crippen LogP contribution < -0.4 is 14.8 Å². The van der Waals surface area contributed by atoms with Gasteiger partial charge in [0.05, 0.1) is 5.75 Å². The molecule has 0 saturated carbocycles. The second-order valence-electron chi connectivity index (χ2n) is 5.68. The minimum absolute atomic E-state index is 0.167. The standard InChI is InChI=1S/C19H19NO5S/c1-13-4-2-3-5-17(13)26-11-19(22)23-10-18(21)20-9-14-6-7-15-16(8-14)25-12-24-15/h2-8H,9-12H2,1H3,(H,20,21). The number of rotatable bonds is 7. The molecular weight excluding hydrogens is 354 g/mol. The second kappa shape index (κ2) is 8.62. The molecule has 0 aliphatic carbocycles. The number of amides is 1. The molecule has 1 aliphatic heterocycles. The minimum atomic E-state index is -0.420. The molecule has 2 aromatic rings. The van der Waals surface area contributed by atoms with Crippen LogP contribution in [0.5, 0.6) is 11.5 Å². The predicted molar refractivity (Wildman–Crippen MR) is 97.3 cm³/mol. The normalized spacial score (nSPS) is 11.9. The molecule has 0 unspecified atom stereocenters. The van der Waals surface area contributed by atoms with Crippen molar-refractivity contribution in [1.82, 2.24) is 5.32 Å². The number of fused-ring (bicyclic) bond motifs is 1. The van der Waals surface area contributed by atoms with Crippen LogP contribution in [0.4, 0.5) is 0 Å². The van der Waals surface area contributed by atoms with E-state index in [2.05, 4.69) is 5.32 Å². The Balaban J connectivity index is 1.37. The largest absolute Gasteiger partial charge is 0.455 e. The summed E-state index contributed by atoms with van der Waals surface area (Å²) in [6.45, 7) is 2.22. The highest BCUT2D eigenvalue weighted by Crippen LogP contribution is 2.32. The van der Waals surface area contributed by atoms with Crippen LogP contribution in [-0.4, -0.2) is 31.0 Å². The molecule has 26 heavy (non-hydrogen) atoms. The van der Waals surface area contributed by atoms with Crippen molar-refractivity contribution in [2.75, 3.05) is 19.2 Å². The molecule has 0 bridgehead atoms. The first-order valence-corrected chi connectivity index (χ1v) is 9.09. The third-order valence-corrected chi connectivity index (χ3v) is 4.88. The van der Waals surface area contributed by atoms with Gasteiger partial charge in [-0.25, -0.2) is 0 Å². The number of hydrogen-bond donors (Lipinski definition) is 1. The van der Waals surface area contributed by atoms with Gasteiger partial charge in [0.15, 0.2) is 18.1 Å². The lowest BCUT2D eigenvalue weighted by atomic mass is 10.2. The van der Waals surface area contributed by atoms with Crippen molar-refractivity contribution in [2.45, 2.75) is 18.4 Å². The molecule has 136 valence electrons. The van der Waals surface area contributed by atoms with E-state index in [1.54, 1.807) is 6.07 Å². The maximum atomic E-state index is 11.8. The molecule has 0 fully saturated rings. The lowest BCUT2D eigenvalue weighted by Crippen LogP contribution is -2.28. The summed E-state index contributed by atoms with van der Waals surface area (Å²) < 4.78 is 15.5. The minimum Gasteiger partial charge on any atom is -0.455 e. The van der Waals surface area contributed by atoms with Crippen LogP contribution >= 0.6 is 11.8 Å². The highest BCUT2D eigenvalue weighted by atomic mass is 32.2. The lowest BCUT2D eigenvalue weighted by Gasteiger charge is -2.08. The summed E-state index contributed by atoms with van der Waals surface area (Å²) in [6.07, 6.45) is 0. The Bertz CT molecular complexity index is 808. The summed E-state index contributed by atoms with van der Waals surface area (Å²) >= 11 is 1.40. The van der Waals surface area contributed by atoms with E-state index in [0.717, 1.165) is 16.0 Å². The summed E-state index contributed by atoms with van der Waals surface area (Å²) in [6, 6.07) is 13.3. The molecule has 1 N–H and O–H groups in total. The van der Waals surface area contributed by atoms with Crippen molar-refractivity contribution in [3.63, 3.8) is 0 Å². The number of carbonyl (C=O) groups is 2. The summed E-state index contributed by atoms with van der Waals surface area (Å²) in [7, 11) is 0. The molecule has 0 spiro atoms. The molecule has 1 amide bonds. The Labute approximate surface area is 155 Å². The molecule has 0 radical (unpaired) electrons. The summed E-state index contributed by atoms with van der Waals surface area (Å²) in [4.78, 5) is 24.6. The molecule has 6 nitrogen and oxygen atoms in total. The molecular formula is C19H19NO5S. The molecule has 7 heteroatoms. The zero-order valence-electron chi connectivity index (χ0n) is 14.3. The molecule has 1 heterocycles. The van der Waals surface area contributed by atoms with Gasteiger partial charge in [-0.15, -0.1) is 11.8 Å². The number of benzene rings is 2. The van der Waals surface area contributed by atoms with E-state index < -0.39 is 5.97 Å². The van der Waals surface area contributed by atoms with Gasteiger partial charge in [-0.3, -0.25) is 9.59 Å². The monoisotopic (exact) mass is 373 g/mol. The second-order valence-corrected chi connectivity index (χ2v) is 6.70. The number of ether oxygens (including phenoxy) is 3. The van der Waals surface area contributed by atoms with Gasteiger partial charge >= 0.3 is 5.97 Å². The van der Waals surface area contributed by atoms with E-state index in [1.807, 2.05) is 43.3 Å². The maximum absolute atomic E-state index is 11.8. The van der Waals surface area contributed by atoms with E-state index in [4.69, 9.17) is 14.2 Å². The van der Waals surface area contributed by atoms with Crippen LogP contribution in [0.15, 0.2) is 47.4 Å². The van der Waals surface area contributed by atoms with Crippen LogP contribution in [-0.2, 0) is 20.9 Å². The fraction of sp³-hybridized carbons (Fsp3) is 0.263. The average molecular weight is 373 g/mol. The highest BCUT2D eigenvalue weighted by Gasteiger charge is 2.14. The van der Waals surface area contributed by atoms with Gasteiger partial charge in [0.2, 0.25) is 6.79 Å². The fourth-order valence-corrected chi connectivity index (χ4v) is 3.17. The first-order chi connectivity index (χ1) is 12.6. The Kier molecular flexibility index (Phi) is 6.01. The predicted octanol–water partition coefficient (Wildman–Crippen LogP) is 2.68. The zero-order valence-corrected chi connectivity index (χ0v) is 15.1.